The Labute approximate surface area is 165 Å². The molecule has 1 aromatic carbocycles. The Bertz CT molecular complexity index is 811. The summed E-state index contributed by atoms with van der Waals surface area (Å²) in [5.41, 5.74) is 0.508. The number of nitrogens with one attached hydrogen (secondary N) is 1. The van der Waals surface area contributed by atoms with Crippen LogP contribution < -0.4 is 5.32 Å². The molecule has 0 atom stereocenters. The van der Waals surface area contributed by atoms with E-state index in [0.29, 0.717) is 57.7 Å². The Kier molecular flexibility index (Phi) is 6.09. The van der Waals surface area contributed by atoms with Crippen LogP contribution in [0, 0.1) is 0 Å². The molecule has 0 aromatic heterocycles. The van der Waals surface area contributed by atoms with Gasteiger partial charge in [-0.3, -0.25) is 4.79 Å². The number of piperidine rings is 1. The minimum atomic E-state index is -3.18. The monoisotopic (exact) mass is 410 g/mol. The summed E-state index contributed by atoms with van der Waals surface area (Å²) in [6.07, 6.45) is 2.39. The molecular weight excluding hydrogens is 384 g/mol. The van der Waals surface area contributed by atoms with Crippen molar-refractivity contribution in [2.24, 2.45) is 0 Å². The Morgan fingerprint density at radius 2 is 1.50 bits per heavy atom. The lowest BCUT2D eigenvalue weighted by atomic mass is 10.1. The molecular formula is C18H26N4O5S. The maximum absolute atomic E-state index is 12.5. The standard InChI is InChI=1S/C18H26N4O5S/c1-28(26,27)22-8-6-15(7-9-22)19-18(25)21-12-10-20(11-13-21)17(24)14-2-4-16(23)5-3-14/h2-5,15,23H,6-13H2,1H3,(H,19,25). The van der Waals surface area contributed by atoms with E-state index in [0.717, 1.165) is 0 Å². The highest BCUT2D eigenvalue weighted by Gasteiger charge is 2.29. The first kappa shape index (κ1) is 20.4. The van der Waals surface area contributed by atoms with Crippen LogP contribution in [0.25, 0.3) is 0 Å². The smallest absolute Gasteiger partial charge is 0.317 e. The zero-order valence-electron chi connectivity index (χ0n) is 15.9. The molecule has 154 valence electrons. The number of phenols is 1. The van der Waals surface area contributed by atoms with Crippen molar-refractivity contribution < 1.29 is 23.1 Å². The van der Waals surface area contributed by atoms with Crippen LogP contribution in [0.2, 0.25) is 0 Å². The number of benzene rings is 1. The Morgan fingerprint density at radius 3 is 2.04 bits per heavy atom. The second-order valence-electron chi connectivity index (χ2n) is 7.21. The molecule has 0 aliphatic carbocycles. The van der Waals surface area contributed by atoms with Crippen LogP contribution in [0.15, 0.2) is 24.3 Å². The van der Waals surface area contributed by atoms with Gasteiger partial charge in [0, 0.05) is 50.9 Å². The SMILES string of the molecule is CS(=O)(=O)N1CCC(NC(=O)N2CCN(C(=O)c3ccc(O)cc3)CC2)CC1. The lowest BCUT2D eigenvalue weighted by Crippen LogP contribution is -2.55. The molecule has 3 rings (SSSR count). The third-order valence-electron chi connectivity index (χ3n) is 5.22. The van der Waals surface area contributed by atoms with Crippen molar-refractivity contribution in [1.82, 2.24) is 19.4 Å². The minimum absolute atomic E-state index is 0.0397. The van der Waals surface area contributed by atoms with Gasteiger partial charge in [-0.15, -0.1) is 0 Å². The number of nitrogens with zero attached hydrogens (tertiary/aromatic N) is 3. The number of carbonyl (C=O) groups is 2. The molecule has 3 amide bonds. The number of piperazine rings is 1. The van der Waals surface area contributed by atoms with Gasteiger partial charge in [-0.05, 0) is 37.1 Å². The maximum Gasteiger partial charge on any atom is 0.317 e. The third-order valence-corrected chi connectivity index (χ3v) is 6.52. The lowest BCUT2D eigenvalue weighted by Gasteiger charge is -2.37. The Hall–Kier alpha value is -2.33. The summed E-state index contributed by atoms with van der Waals surface area (Å²) in [6, 6.07) is 5.91. The summed E-state index contributed by atoms with van der Waals surface area (Å²) in [7, 11) is -3.18. The van der Waals surface area contributed by atoms with Crippen LogP contribution >= 0.6 is 0 Å². The van der Waals surface area contributed by atoms with Crippen molar-refractivity contribution in [3.8, 4) is 5.75 Å². The number of urea groups is 1. The topological polar surface area (TPSA) is 110 Å². The summed E-state index contributed by atoms with van der Waals surface area (Å²) in [5, 5.41) is 12.3. The molecule has 2 N–H and O–H groups in total. The van der Waals surface area contributed by atoms with Crippen molar-refractivity contribution in [2.75, 3.05) is 45.5 Å². The number of amides is 3. The van der Waals surface area contributed by atoms with E-state index < -0.39 is 10.0 Å². The highest BCUT2D eigenvalue weighted by Crippen LogP contribution is 2.15. The fourth-order valence-electron chi connectivity index (χ4n) is 3.50. The van der Waals surface area contributed by atoms with Gasteiger partial charge < -0.3 is 20.2 Å². The predicted octanol–water partition coefficient (Wildman–Crippen LogP) is 0.284. The average molecular weight is 410 g/mol. The third kappa shape index (κ3) is 4.93. The van der Waals surface area contributed by atoms with Gasteiger partial charge in [-0.2, -0.15) is 0 Å². The summed E-state index contributed by atoms with van der Waals surface area (Å²) in [6.45, 7) is 2.60. The fourth-order valence-corrected chi connectivity index (χ4v) is 4.37. The van der Waals surface area contributed by atoms with E-state index in [2.05, 4.69) is 5.32 Å². The Morgan fingerprint density at radius 1 is 0.964 bits per heavy atom. The Balaban J connectivity index is 1.45. The van der Waals surface area contributed by atoms with Gasteiger partial charge >= 0.3 is 6.03 Å². The number of hydrogen-bond donors (Lipinski definition) is 2. The van der Waals surface area contributed by atoms with Crippen LogP contribution in [0.4, 0.5) is 4.79 Å². The molecule has 0 radical (unpaired) electrons. The molecule has 2 aliphatic heterocycles. The van der Waals surface area contributed by atoms with Gasteiger partial charge in [0.1, 0.15) is 5.75 Å². The first-order valence-corrected chi connectivity index (χ1v) is 11.2. The van der Waals surface area contributed by atoms with Gasteiger partial charge in [0.25, 0.3) is 5.91 Å². The molecule has 0 saturated carbocycles. The molecule has 9 nitrogen and oxygen atoms in total. The van der Waals surface area contributed by atoms with E-state index in [1.165, 1.54) is 22.7 Å². The highest BCUT2D eigenvalue weighted by molar-refractivity contribution is 7.88. The van der Waals surface area contributed by atoms with Crippen LogP contribution in [0.3, 0.4) is 0 Å². The molecule has 0 unspecified atom stereocenters. The zero-order chi connectivity index (χ0) is 20.3. The van der Waals surface area contributed by atoms with Crippen molar-refractivity contribution in [3.63, 3.8) is 0 Å². The van der Waals surface area contributed by atoms with E-state index in [1.807, 2.05) is 0 Å². The van der Waals surface area contributed by atoms with Gasteiger partial charge in [-0.25, -0.2) is 17.5 Å². The van der Waals surface area contributed by atoms with E-state index in [9.17, 15) is 23.1 Å². The van der Waals surface area contributed by atoms with Crippen LogP contribution in [0.1, 0.15) is 23.2 Å². The van der Waals surface area contributed by atoms with Crippen LogP contribution in [0.5, 0.6) is 5.75 Å². The molecule has 2 saturated heterocycles. The molecule has 2 heterocycles. The number of hydrogen-bond acceptors (Lipinski definition) is 5. The molecule has 2 aliphatic rings. The lowest BCUT2D eigenvalue weighted by molar-refractivity contribution is 0.0662. The number of phenolic OH excluding ortho intramolecular Hbond substituents is 1. The van der Waals surface area contributed by atoms with E-state index in [-0.39, 0.29) is 23.7 Å². The second kappa shape index (κ2) is 8.36. The number of aromatic hydroxyl groups is 1. The van der Waals surface area contributed by atoms with Crippen molar-refractivity contribution in [2.45, 2.75) is 18.9 Å². The van der Waals surface area contributed by atoms with Gasteiger partial charge in [0.15, 0.2) is 0 Å². The summed E-state index contributed by atoms with van der Waals surface area (Å²) < 4.78 is 24.5. The molecule has 0 bridgehead atoms. The fraction of sp³-hybridized carbons (Fsp3) is 0.556. The quantitative estimate of drug-likeness (QED) is 0.744. The second-order valence-corrected chi connectivity index (χ2v) is 9.19. The van der Waals surface area contributed by atoms with Gasteiger partial charge in [-0.1, -0.05) is 0 Å². The highest BCUT2D eigenvalue weighted by atomic mass is 32.2. The summed E-state index contributed by atoms with van der Waals surface area (Å²) in [4.78, 5) is 28.3. The van der Waals surface area contributed by atoms with Gasteiger partial charge in [0.2, 0.25) is 10.0 Å². The van der Waals surface area contributed by atoms with E-state index in [1.54, 1.807) is 21.9 Å². The average Bonchev–Trinajstić information content (AvgIpc) is 2.68. The van der Waals surface area contributed by atoms with Crippen molar-refractivity contribution in [1.29, 1.82) is 0 Å². The molecule has 1 aromatic rings. The van der Waals surface area contributed by atoms with Crippen molar-refractivity contribution >= 4 is 22.0 Å². The zero-order valence-corrected chi connectivity index (χ0v) is 16.7. The maximum atomic E-state index is 12.5. The predicted molar refractivity (Wildman–Crippen MR) is 104 cm³/mol. The summed E-state index contributed by atoms with van der Waals surface area (Å²) >= 11 is 0. The molecule has 28 heavy (non-hydrogen) atoms. The number of carbonyl (C=O) groups excluding carboxylic acids is 2. The first-order valence-electron chi connectivity index (χ1n) is 9.33. The number of rotatable bonds is 3. The summed E-state index contributed by atoms with van der Waals surface area (Å²) in [5.74, 6) is -0.00591. The molecule has 0 spiro atoms. The number of sulfonamides is 1. The largest absolute Gasteiger partial charge is 0.508 e. The van der Waals surface area contributed by atoms with Gasteiger partial charge in [0.05, 0.1) is 6.26 Å². The molecule has 2 fully saturated rings. The molecule has 10 heteroatoms. The van der Waals surface area contributed by atoms with E-state index in [4.69, 9.17) is 0 Å². The first-order chi connectivity index (χ1) is 13.2. The van der Waals surface area contributed by atoms with Crippen LogP contribution in [-0.2, 0) is 10.0 Å². The van der Waals surface area contributed by atoms with E-state index >= 15 is 0 Å². The van der Waals surface area contributed by atoms with Crippen LogP contribution in [-0.4, -0.2) is 91.1 Å². The normalized spacial score (nSPS) is 19.5. The minimum Gasteiger partial charge on any atom is -0.508 e. The van der Waals surface area contributed by atoms with Crippen molar-refractivity contribution in [3.05, 3.63) is 29.8 Å².